The highest BCUT2D eigenvalue weighted by Gasteiger charge is 2.64. The summed E-state index contributed by atoms with van der Waals surface area (Å²) in [5.41, 5.74) is 12.3. The highest BCUT2D eigenvalue weighted by Crippen LogP contribution is 2.63. The number of carbonyl (C=O) groups is 2. The predicted molar refractivity (Wildman–Crippen MR) is 223 cm³/mol. The van der Waals surface area contributed by atoms with Gasteiger partial charge in [0.15, 0.2) is 5.78 Å². The summed E-state index contributed by atoms with van der Waals surface area (Å²) in [6.45, 7) is 9.79. The highest BCUT2D eigenvalue weighted by atomic mass is 16.3. The Kier molecular flexibility index (Phi) is 15.0. The van der Waals surface area contributed by atoms with Crippen LogP contribution in [0.1, 0.15) is 113 Å². The number of benzene rings is 2. The van der Waals surface area contributed by atoms with E-state index >= 15 is 0 Å². The molecular formula is C48H64N2O6. The molecule has 2 fully saturated rings. The van der Waals surface area contributed by atoms with E-state index in [4.69, 9.17) is 5.73 Å². The van der Waals surface area contributed by atoms with Crippen molar-refractivity contribution in [1.29, 1.82) is 0 Å². The molecule has 2 aromatic rings. The van der Waals surface area contributed by atoms with Gasteiger partial charge in [0.05, 0.1) is 24.7 Å². The average molecular weight is 765 g/mol. The first-order chi connectivity index (χ1) is 26.8. The Morgan fingerprint density at radius 3 is 2.55 bits per heavy atom. The van der Waals surface area contributed by atoms with Gasteiger partial charge in [0.2, 0.25) is 5.91 Å². The van der Waals surface area contributed by atoms with Crippen LogP contribution in [0.2, 0.25) is 0 Å². The molecule has 8 heteroatoms. The van der Waals surface area contributed by atoms with Crippen molar-refractivity contribution >= 4 is 11.7 Å². The number of nitrogens with one attached hydrogen (secondary N) is 1. The van der Waals surface area contributed by atoms with Crippen LogP contribution in [-0.4, -0.2) is 57.0 Å². The summed E-state index contributed by atoms with van der Waals surface area (Å²) in [4.78, 5) is 26.4. The molecule has 0 aromatic heterocycles. The Morgan fingerprint density at radius 1 is 1.05 bits per heavy atom. The minimum Gasteiger partial charge on any atom is -0.396 e. The van der Waals surface area contributed by atoms with Crippen molar-refractivity contribution in [3.8, 4) is 0 Å². The quantitative estimate of drug-likeness (QED) is 0.0566. The Labute approximate surface area is 334 Å². The van der Waals surface area contributed by atoms with Crippen LogP contribution >= 0.6 is 0 Å². The normalized spacial score (nSPS) is 27.8. The zero-order chi connectivity index (χ0) is 40.5. The third-order valence-electron chi connectivity index (χ3n) is 13.0. The number of hydrogen-bond donors (Lipinski definition) is 6. The van der Waals surface area contributed by atoms with Crippen molar-refractivity contribution in [2.45, 2.75) is 122 Å². The summed E-state index contributed by atoms with van der Waals surface area (Å²) in [7, 11) is 0. The molecule has 1 amide bonds. The van der Waals surface area contributed by atoms with Crippen LogP contribution in [0.3, 0.4) is 0 Å². The fourth-order valence-corrected chi connectivity index (χ4v) is 9.84. The SMILES string of the molecule is C=C(/C=C/C=C(/CO)[C@H]1CC[C@@]2([C@H](CCCO)/C(=C(\C)C(=O)Cc3cccc4c3CC(=O)N[C@H]4N)CC[C@@]2(C)O)[C@@H]1O)CC/C=C(/C)CCCc1ccccc1. The molecule has 56 heavy (non-hydrogen) atoms. The van der Waals surface area contributed by atoms with Gasteiger partial charge in [-0.05, 0) is 131 Å². The molecule has 1 heterocycles. The molecule has 2 aliphatic carbocycles. The molecule has 0 bridgehead atoms. The van der Waals surface area contributed by atoms with E-state index in [1.807, 2.05) is 49.4 Å². The van der Waals surface area contributed by atoms with Crippen LogP contribution in [0.5, 0.6) is 0 Å². The van der Waals surface area contributed by atoms with E-state index in [2.05, 4.69) is 49.2 Å². The lowest BCUT2D eigenvalue weighted by Crippen LogP contribution is -2.59. The number of aliphatic hydroxyl groups excluding tert-OH is 3. The van der Waals surface area contributed by atoms with Crippen molar-refractivity contribution < 1.29 is 30.0 Å². The zero-order valence-corrected chi connectivity index (χ0v) is 33.7. The van der Waals surface area contributed by atoms with E-state index in [-0.39, 0.29) is 49.6 Å². The second kappa shape index (κ2) is 19.5. The number of amides is 1. The summed E-state index contributed by atoms with van der Waals surface area (Å²) in [6, 6.07) is 16.2. The van der Waals surface area contributed by atoms with E-state index in [1.54, 1.807) is 6.92 Å². The lowest BCUT2D eigenvalue weighted by atomic mass is 9.52. The predicted octanol–water partition coefficient (Wildman–Crippen LogP) is 7.22. The smallest absolute Gasteiger partial charge is 0.225 e. The van der Waals surface area contributed by atoms with Crippen molar-refractivity contribution in [3.63, 3.8) is 0 Å². The third-order valence-corrected chi connectivity index (χ3v) is 13.0. The Balaban J connectivity index is 1.29. The summed E-state index contributed by atoms with van der Waals surface area (Å²) in [6.07, 6.45) is 14.6. The van der Waals surface area contributed by atoms with Gasteiger partial charge in [-0.15, -0.1) is 0 Å². The Hall–Kier alpha value is -3.92. The first kappa shape index (κ1) is 43.2. The van der Waals surface area contributed by atoms with Gasteiger partial charge in [0, 0.05) is 24.4 Å². The van der Waals surface area contributed by atoms with E-state index < -0.39 is 23.3 Å². The van der Waals surface area contributed by atoms with Gasteiger partial charge in [-0.1, -0.05) is 96.1 Å². The van der Waals surface area contributed by atoms with Crippen molar-refractivity contribution in [2.75, 3.05) is 13.2 Å². The number of rotatable bonds is 17. The molecule has 2 saturated carbocycles. The number of ketones is 1. The first-order valence-corrected chi connectivity index (χ1v) is 20.6. The standard InChI is InChI=1S/C48H64N2O6/c1-32(15-9-19-35-17-6-5-7-18-35)13-8-14-33(2)16-10-21-37(31-52)39-25-27-48(45(39)55)42(23-12-28-51)38(24-26-47(48,4)56)34(3)43(53)29-36-20-11-22-40-41(36)30-44(54)50-46(40)49/h5-7,10-11,13,16-18,20-22,39,42,45-46,51-52,55-56H,2,8-9,12,14-15,19,23-31,49H2,1,3-4H3,(H,50,54)/b16-10+,32-13-,37-21-,38-34+/t39-,42-,45-,46-,47-,48-/m1/s1. The molecule has 0 radical (unpaired) electrons. The number of allylic oxidation sites excluding steroid dienone is 8. The van der Waals surface area contributed by atoms with Crippen LogP contribution in [0.25, 0.3) is 0 Å². The lowest BCUT2D eigenvalue weighted by molar-refractivity contribution is -0.167. The van der Waals surface area contributed by atoms with Crippen LogP contribution < -0.4 is 11.1 Å². The van der Waals surface area contributed by atoms with Gasteiger partial charge < -0.3 is 31.5 Å². The summed E-state index contributed by atoms with van der Waals surface area (Å²) in [5, 5.41) is 47.8. The third kappa shape index (κ3) is 9.78. The molecule has 7 N–H and O–H groups in total. The molecule has 302 valence electrons. The number of hydrogen-bond acceptors (Lipinski definition) is 7. The van der Waals surface area contributed by atoms with E-state index in [0.29, 0.717) is 49.7 Å². The molecular weight excluding hydrogens is 701 g/mol. The van der Waals surface area contributed by atoms with Gasteiger partial charge in [0.1, 0.15) is 6.17 Å². The van der Waals surface area contributed by atoms with Crippen LogP contribution in [0.4, 0.5) is 0 Å². The summed E-state index contributed by atoms with van der Waals surface area (Å²) < 4.78 is 0. The fourth-order valence-electron chi connectivity index (χ4n) is 9.84. The topological polar surface area (TPSA) is 153 Å². The van der Waals surface area contributed by atoms with Gasteiger partial charge in [0.25, 0.3) is 0 Å². The maximum Gasteiger partial charge on any atom is 0.225 e. The number of aryl methyl sites for hydroxylation is 1. The Morgan fingerprint density at radius 2 is 1.82 bits per heavy atom. The fraction of sp³-hybridized carbons (Fsp3) is 0.500. The molecule has 0 saturated heterocycles. The molecule has 1 spiro atoms. The van der Waals surface area contributed by atoms with E-state index in [9.17, 15) is 30.0 Å². The number of Topliss-reactive ketones (excluding diaryl/α,β-unsaturated/α-hetero) is 1. The largest absolute Gasteiger partial charge is 0.396 e. The summed E-state index contributed by atoms with van der Waals surface area (Å²) >= 11 is 0. The van der Waals surface area contributed by atoms with Gasteiger partial charge in [-0.3, -0.25) is 9.59 Å². The number of aliphatic hydroxyl groups is 4. The maximum absolute atomic E-state index is 14.1. The van der Waals surface area contributed by atoms with Gasteiger partial charge in [-0.2, -0.15) is 0 Å². The van der Waals surface area contributed by atoms with Crippen LogP contribution in [-0.2, 0) is 28.9 Å². The van der Waals surface area contributed by atoms with Crippen LogP contribution in [0, 0.1) is 17.3 Å². The average Bonchev–Trinajstić information content (AvgIpc) is 3.51. The van der Waals surface area contributed by atoms with Crippen molar-refractivity contribution in [1.82, 2.24) is 5.32 Å². The molecule has 3 aliphatic rings. The zero-order valence-electron chi connectivity index (χ0n) is 33.7. The molecule has 6 atom stereocenters. The minimum atomic E-state index is -1.24. The number of nitrogens with two attached hydrogens (primary N) is 1. The van der Waals surface area contributed by atoms with Crippen molar-refractivity contribution in [2.24, 2.45) is 23.0 Å². The lowest BCUT2D eigenvalue weighted by Gasteiger charge is -2.55. The Bertz CT molecular complexity index is 1840. The molecule has 8 nitrogen and oxygen atoms in total. The number of fused-ring (bicyclic) bond motifs is 1. The second-order valence-corrected chi connectivity index (χ2v) is 16.6. The summed E-state index contributed by atoms with van der Waals surface area (Å²) in [5.74, 6) is -0.983. The van der Waals surface area contributed by atoms with Gasteiger partial charge in [-0.25, -0.2) is 0 Å². The molecule has 0 unspecified atom stereocenters. The minimum absolute atomic E-state index is 0.0485. The monoisotopic (exact) mass is 764 g/mol. The highest BCUT2D eigenvalue weighted by molar-refractivity contribution is 5.97. The molecule has 2 aromatic carbocycles. The molecule has 1 aliphatic heterocycles. The van der Waals surface area contributed by atoms with Crippen LogP contribution in [0.15, 0.2) is 107 Å². The molecule has 5 rings (SSSR count). The van der Waals surface area contributed by atoms with Gasteiger partial charge >= 0.3 is 0 Å². The maximum atomic E-state index is 14.1. The second-order valence-electron chi connectivity index (χ2n) is 16.6. The van der Waals surface area contributed by atoms with E-state index in [1.165, 1.54) is 11.1 Å². The first-order valence-electron chi connectivity index (χ1n) is 20.6. The van der Waals surface area contributed by atoms with Crippen molar-refractivity contribution in [3.05, 3.63) is 130 Å². The number of carbonyl (C=O) groups excluding carboxylic acids is 2. The van der Waals surface area contributed by atoms with E-state index in [0.717, 1.165) is 59.9 Å².